The molecule has 18 amide bonds. The molecule has 3 aliphatic heterocycles. The number of nitrogens with zero attached hydrogens (tertiary/aromatic N) is 6. The summed E-state index contributed by atoms with van der Waals surface area (Å²) in [7, 11) is 3.71. The number of unbranched alkanes of at least 4 members (excludes halogenated alkanes) is 2. The molecule has 46 heteroatoms. The second-order valence-corrected chi connectivity index (χ2v) is 34.7. The number of aromatic amines is 3. The Kier molecular flexibility index (Phi) is 38.1. The van der Waals surface area contributed by atoms with E-state index < -0.39 is 259 Å². The van der Waals surface area contributed by atoms with Gasteiger partial charge in [0.15, 0.2) is 0 Å². The third kappa shape index (κ3) is 29.0. The van der Waals surface area contributed by atoms with Crippen molar-refractivity contribution in [1.29, 1.82) is 0 Å². The van der Waals surface area contributed by atoms with E-state index >= 15 is 33.6 Å². The van der Waals surface area contributed by atoms with Gasteiger partial charge in [0.2, 0.25) is 106 Å². The van der Waals surface area contributed by atoms with Crippen LogP contribution in [-0.2, 0) is 122 Å². The van der Waals surface area contributed by atoms with Crippen LogP contribution >= 0.6 is 11.8 Å². The number of primary amides is 3. The number of carbonyl (C=O) groups is 20. The van der Waals surface area contributed by atoms with E-state index in [0.29, 0.717) is 63.1 Å². The summed E-state index contributed by atoms with van der Waals surface area (Å²) in [6, 6.07) is -4.35. The molecule has 3 aromatic heterocycles. The molecule has 3 saturated heterocycles. The Hall–Kier alpha value is -14.5. The van der Waals surface area contributed by atoms with Gasteiger partial charge in [-0.2, -0.15) is 0 Å². The highest BCUT2D eigenvalue weighted by Gasteiger charge is 2.46. The number of amides is 18. The van der Waals surface area contributed by atoms with E-state index in [1.165, 1.54) is 64.9 Å². The molecule has 0 aliphatic carbocycles. The summed E-state index contributed by atoms with van der Waals surface area (Å²) in [6.45, 7) is 3.65. The van der Waals surface area contributed by atoms with Crippen molar-refractivity contribution in [1.82, 2.24) is 97.6 Å². The molecule has 3 aromatic carbocycles. The van der Waals surface area contributed by atoms with Crippen LogP contribution in [0.5, 0.6) is 5.75 Å². The maximum Gasteiger partial charge on any atom is 0.305 e. The number of aromatic hydroxyl groups is 1. The average Bonchev–Trinajstić information content (AvgIpc) is 1.69. The van der Waals surface area contributed by atoms with Crippen LogP contribution in [0, 0.1) is 0 Å². The first kappa shape index (κ1) is 104. The number of H-pyrrole nitrogens is 3. The normalized spacial score (nSPS) is 24.1. The quantitative estimate of drug-likeness (QED) is 0.0258. The summed E-state index contributed by atoms with van der Waals surface area (Å²) in [6.07, 6.45) is 1.15. The molecule has 22 N–H and O–H groups in total. The van der Waals surface area contributed by atoms with Gasteiger partial charge in [-0.3, -0.25) is 95.9 Å². The number of nitrogens with two attached hydrogens (primary N) is 3. The summed E-state index contributed by atoms with van der Waals surface area (Å²) in [5, 5.41) is 57.3. The number of fused-ring (bicyclic) bond motifs is 4. The summed E-state index contributed by atoms with van der Waals surface area (Å²) >= 11 is 0.689. The van der Waals surface area contributed by atoms with Crippen LogP contribution in [0.25, 0.3) is 21.8 Å². The van der Waals surface area contributed by atoms with Crippen molar-refractivity contribution in [3.8, 4) is 5.75 Å². The molecular formula is C89H118N22O23S. The number of rotatable bonds is 26. The smallest absolute Gasteiger partial charge is 0.305 e. The van der Waals surface area contributed by atoms with Crippen LogP contribution in [0.1, 0.15) is 139 Å². The predicted octanol–water partition coefficient (Wildman–Crippen LogP) is -2.99. The number of carboxylic acid groups (broad SMARTS) is 2. The van der Waals surface area contributed by atoms with Crippen molar-refractivity contribution in [3.05, 3.63) is 120 Å². The van der Waals surface area contributed by atoms with Gasteiger partial charge in [0.05, 0.1) is 43.6 Å². The number of phenols is 1. The van der Waals surface area contributed by atoms with Gasteiger partial charge in [-0.1, -0.05) is 88.1 Å². The number of nitrogens with one attached hydrogen (secondary N) is 13. The molecule has 0 saturated carbocycles. The van der Waals surface area contributed by atoms with Crippen molar-refractivity contribution in [2.45, 2.75) is 227 Å². The van der Waals surface area contributed by atoms with Crippen LogP contribution in [0.15, 0.2) is 97.7 Å². The third-order valence-corrected chi connectivity index (χ3v) is 24.9. The second-order valence-electron chi connectivity index (χ2n) is 33.7. The lowest BCUT2D eigenvalue weighted by Gasteiger charge is -2.36. The van der Waals surface area contributed by atoms with Crippen molar-refractivity contribution in [2.24, 2.45) is 17.2 Å². The Morgan fingerprint density at radius 2 is 0.948 bits per heavy atom. The molecule has 1 unspecified atom stereocenters. The average molecular weight is 1900 g/mol. The summed E-state index contributed by atoms with van der Waals surface area (Å²) in [4.78, 5) is 306. The Balaban J connectivity index is 1.11. The number of carbonyl (C=O) groups excluding carboxylic acids is 18. The van der Waals surface area contributed by atoms with Gasteiger partial charge in [0.25, 0.3) is 0 Å². The van der Waals surface area contributed by atoms with Crippen LogP contribution in [-0.4, -0.2) is 315 Å². The lowest BCUT2D eigenvalue weighted by atomic mass is 9.99. The number of para-hydroxylation sites is 2. The van der Waals surface area contributed by atoms with E-state index in [1.54, 1.807) is 74.8 Å². The number of phenolic OH excluding ortho intramolecular Hbond substituents is 1. The summed E-state index contributed by atoms with van der Waals surface area (Å²) in [5.41, 5.74) is 19.4. The van der Waals surface area contributed by atoms with E-state index in [0.717, 1.165) is 24.5 Å². The van der Waals surface area contributed by atoms with Crippen LogP contribution in [0.4, 0.5) is 0 Å². The number of likely N-dealkylation sites (N-methyl/N-ethyl adjacent to an activating group) is 3. The van der Waals surface area contributed by atoms with Crippen LogP contribution < -0.4 is 70.4 Å². The molecule has 14 atom stereocenters. The van der Waals surface area contributed by atoms with E-state index in [4.69, 9.17) is 17.2 Å². The number of benzene rings is 3. The minimum Gasteiger partial charge on any atom is -0.508 e. The first-order valence-corrected chi connectivity index (χ1v) is 45.5. The van der Waals surface area contributed by atoms with Crippen molar-refractivity contribution in [2.75, 3.05) is 52.3 Å². The SMILES string of the molecule is CCCC[C@H]1C(=O)N(C)[C@@H](CCCC)C(=O)N[C@@H](CCC(=O)O)C(=O)NC(C(=O)NCC(N)=O)CSCC(=O)N[C@@H](Cc2ccc(O)cc2)C(=O)N(C)[C@@H](C)C(=O)N[C@@H](CC(N)=O)C(=O)N2CCC[C@H]2C(=O)N[C@@H](Cc2c[nH]cn2)C(=O)N[C@@H](CC(N)=O)C(=O)N2CCC[C@H]2C(=O)N[C@@H](Cc2c[nH]c3ccccc23)C(=O)N[C@@H](CC(=O)O)C(=O)N[C@@H](Cc2c[nH]c3ccccc23)C(=O)N1C. The molecule has 728 valence electrons. The largest absolute Gasteiger partial charge is 0.508 e. The first-order valence-electron chi connectivity index (χ1n) is 44.4. The Labute approximate surface area is 779 Å². The van der Waals surface area contributed by atoms with Crippen LogP contribution in [0.3, 0.4) is 0 Å². The molecule has 6 heterocycles. The minimum atomic E-state index is -2.07. The monoisotopic (exact) mass is 1890 g/mol. The topological polar surface area (TPSA) is 677 Å². The minimum absolute atomic E-state index is 0.0768. The lowest BCUT2D eigenvalue weighted by Crippen LogP contribution is -2.61. The van der Waals surface area contributed by atoms with Gasteiger partial charge < -0.3 is 125 Å². The van der Waals surface area contributed by atoms with Gasteiger partial charge in [0.1, 0.15) is 90.3 Å². The van der Waals surface area contributed by atoms with Gasteiger partial charge >= 0.3 is 11.9 Å². The third-order valence-electron chi connectivity index (χ3n) is 23.8. The Morgan fingerprint density at radius 1 is 0.474 bits per heavy atom. The highest BCUT2D eigenvalue weighted by Crippen LogP contribution is 2.28. The number of hydrogen-bond acceptors (Lipinski definition) is 23. The number of hydrogen-bond donors (Lipinski definition) is 19. The number of thioether (sulfide) groups is 1. The number of aromatic nitrogens is 4. The van der Waals surface area contributed by atoms with Gasteiger partial charge in [-0.05, 0) is 92.8 Å². The molecule has 135 heavy (non-hydrogen) atoms. The fourth-order valence-electron chi connectivity index (χ4n) is 16.4. The summed E-state index contributed by atoms with van der Waals surface area (Å²) in [5.74, 6) is -23.2. The fourth-order valence-corrected chi connectivity index (χ4v) is 17.3. The van der Waals surface area contributed by atoms with Gasteiger partial charge in [-0.25, -0.2) is 4.98 Å². The van der Waals surface area contributed by atoms with Gasteiger partial charge in [0, 0.05) is 112 Å². The maximum absolute atomic E-state index is 15.8. The zero-order chi connectivity index (χ0) is 98.6. The van der Waals surface area contributed by atoms with Crippen molar-refractivity contribution in [3.63, 3.8) is 0 Å². The number of carboxylic acids is 2. The molecule has 3 fully saturated rings. The molecule has 3 aliphatic rings. The second kappa shape index (κ2) is 49.3. The standard InChI is InChI=1S/C89H118N22O23S/c1-7-9-21-66-82(127)99-57(29-30-74(117)118)78(123)106-65(77(122)96-43-72(92)115)44-135-45-73(116)98-61(33-48-25-27-52(112)28-26-48)85(130)107(4)47(3)76(121)103-63(37-70(90)113)87(132)110-31-16-24-68(110)84(129)102-59(36-51-42-93-46-97-51)80(125)105-64(38-71(91)114)88(133)111-32-15-23-67(111)83(128)101-58(34-49-40-94-55-19-13-11-17-53(49)55)79(124)100-60(39-75(119)120)81(126)104-62(35-50-41-95-56-20-14-12-18-54(50)56)86(131)109(6)69(22-10-8-2)89(134)108(66)5/h11-14,17-20,25-28,40-42,46-47,57-69,94-95,112H,7-10,15-16,21-24,29-39,43-45H2,1-6H3,(H2,90,113)(H2,91,114)(H2,92,115)(H,93,97)(H,96,122)(H,98,116)(H,99,127)(H,100,124)(H,101,128)(H,102,129)(H,103,121)(H,104,126)(H,105,125)(H,106,123)(H,117,118)(H,119,120)/t47-,57-,58-,59-,60-,61-,62-,63-,64-,65?,66-,67-,68-,69-/m0/s1. The van der Waals surface area contributed by atoms with E-state index in [2.05, 4.69) is 73.1 Å². The molecule has 0 spiro atoms. The van der Waals surface area contributed by atoms with E-state index in [1.807, 2.05) is 0 Å². The zero-order valence-corrected chi connectivity index (χ0v) is 76.4. The number of aliphatic carboxylic acids is 2. The number of imidazole rings is 1. The first-order chi connectivity index (χ1) is 64.2. The van der Waals surface area contributed by atoms with Crippen molar-refractivity contribution >= 4 is 152 Å². The highest BCUT2D eigenvalue weighted by atomic mass is 32.2. The van der Waals surface area contributed by atoms with E-state index in [9.17, 15) is 77.6 Å². The highest BCUT2D eigenvalue weighted by molar-refractivity contribution is 8.00. The van der Waals surface area contributed by atoms with Gasteiger partial charge in [-0.15, -0.1) is 11.8 Å². The maximum atomic E-state index is 15.8. The Bertz CT molecular complexity index is 5340. The Morgan fingerprint density at radius 3 is 1.47 bits per heavy atom. The molecule has 9 rings (SSSR count). The van der Waals surface area contributed by atoms with Crippen molar-refractivity contribution < 1.29 is 111 Å². The lowest BCUT2D eigenvalue weighted by molar-refractivity contribution is -0.149. The molecule has 0 bridgehead atoms. The van der Waals surface area contributed by atoms with E-state index in [-0.39, 0.29) is 95.2 Å². The molecule has 0 radical (unpaired) electrons. The zero-order valence-electron chi connectivity index (χ0n) is 75.6. The molecular weight excluding hydrogens is 1780 g/mol. The summed E-state index contributed by atoms with van der Waals surface area (Å²) < 4.78 is 0. The molecule has 6 aromatic rings. The fraction of sp³-hybridized carbons (Fsp3) is 0.494. The predicted molar refractivity (Wildman–Crippen MR) is 486 cm³/mol. The molecule has 45 nitrogen and oxygen atoms in total. The van der Waals surface area contributed by atoms with Crippen LogP contribution in [0.2, 0.25) is 0 Å².